The van der Waals surface area contributed by atoms with Gasteiger partial charge in [-0.1, -0.05) is 48.0 Å². The minimum absolute atomic E-state index is 0.103. The molecule has 0 unspecified atom stereocenters. The number of aromatic hydroxyl groups is 1. The second-order valence-electron chi connectivity index (χ2n) is 6.28. The lowest BCUT2D eigenvalue weighted by molar-refractivity contribution is -0.127. The highest BCUT2D eigenvalue weighted by molar-refractivity contribution is 8.18. The molecule has 0 aliphatic carbocycles. The Labute approximate surface area is 176 Å². The van der Waals surface area contributed by atoms with Crippen LogP contribution in [0.15, 0.2) is 65.1 Å². The molecule has 1 heterocycles. The zero-order chi connectivity index (χ0) is 21.0. The van der Waals surface area contributed by atoms with Crippen molar-refractivity contribution in [2.45, 2.75) is 6.92 Å². The van der Waals surface area contributed by atoms with Crippen LogP contribution >= 0.6 is 23.4 Å². The number of hydrogen-bond acceptors (Lipinski definition) is 5. The largest absolute Gasteiger partial charge is 0.506 e. The summed E-state index contributed by atoms with van der Waals surface area (Å²) in [6.07, 6.45) is 3.52. The highest BCUT2D eigenvalue weighted by atomic mass is 35.5. The smallest absolute Gasteiger partial charge is 0.294 e. The first-order valence-corrected chi connectivity index (χ1v) is 9.80. The Bertz CT molecular complexity index is 1030. The molecule has 0 radical (unpaired) electrons. The summed E-state index contributed by atoms with van der Waals surface area (Å²) >= 11 is 6.63. The number of hydrogen-bond donors (Lipinski definition) is 2. The van der Waals surface area contributed by atoms with Crippen molar-refractivity contribution >= 4 is 52.2 Å². The highest BCUT2D eigenvalue weighted by Crippen LogP contribution is 2.32. The van der Waals surface area contributed by atoms with E-state index in [1.807, 2.05) is 43.3 Å². The number of nitrogens with zero attached hydrogens (tertiary/aromatic N) is 1. The molecular formula is C21H17ClN2O4S. The number of nitrogens with one attached hydrogen (secondary N) is 1. The summed E-state index contributed by atoms with van der Waals surface area (Å²) < 4.78 is 0. The lowest BCUT2D eigenvalue weighted by Crippen LogP contribution is -2.36. The number of rotatable bonds is 5. The maximum Gasteiger partial charge on any atom is 0.294 e. The van der Waals surface area contributed by atoms with E-state index in [-0.39, 0.29) is 16.3 Å². The van der Waals surface area contributed by atoms with Crippen LogP contribution < -0.4 is 5.32 Å². The number of allylic oxidation sites excluding steroid dienone is 2. The number of phenols is 1. The summed E-state index contributed by atoms with van der Waals surface area (Å²) in [4.78, 5) is 38.1. The van der Waals surface area contributed by atoms with E-state index in [9.17, 15) is 19.5 Å². The Morgan fingerprint density at radius 1 is 1.21 bits per heavy atom. The molecule has 2 N–H and O–H groups in total. The summed E-state index contributed by atoms with van der Waals surface area (Å²) in [6.45, 7) is 1.37. The summed E-state index contributed by atoms with van der Waals surface area (Å²) in [5.74, 6) is -1.33. The molecule has 0 saturated carbocycles. The number of carbonyl (C=O) groups is 3. The van der Waals surface area contributed by atoms with Crippen LogP contribution in [-0.2, 0) is 9.59 Å². The first kappa shape index (κ1) is 20.7. The van der Waals surface area contributed by atoms with Crippen LogP contribution in [0, 0.1) is 0 Å². The fourth-order valence-electron chi connectivity index (χ4n) is 2.64. The standard InChI is InChI=1S/C21H17ClN2O4S/c1-13(9-14-5-3-2-4-6-14)10-18-20(27)24(21(28)29-18)12-19(26)23-16-11-15(22)7-8-17(16)25/h2-11,25H,12H2,1H3,(H,23,26)/b13-9+,18-10-. The summed E-state index contributed by atoms with van der Waals surface area (Å²) in [5, 5.41) is 12.0. The van der Waals surface area contributed by atoms with Crippen molar-refractivity contribution in [1.82, 2.24) is 4.90 Å². The third kappa shape index (κ3) is 5.28. The van der Waals surface area contributed by atoms with E-state index in [0.29, 0.717) is 5.02 Å². The van der Waals surface area contributed by atoms with Crippen molar-refractivity contribution in [1.29, 1.82) is 0 Å². The van der Waals surface area contributed by atoms with E-state index in [0.717, 1.165) is 27.8 Å². The molecule has 0 atom stereocenters. The van der Waals surface area contributed by atoms with Crippen LogP contribution in [0.3, 0.4) is 0 Å². The molecule has 3 rings (SSSR count). The number of phenolic OH excluding ortho intramolecular Hbond substituents is 1. The normalized spacial score (nSPS) is 15.9. The van der Waals surface area contributed by atoms with Gasteiger partial charge >= 0.3 is 0 Å². The van der Waals surface area contributed by atoms with Gasteiger partial charge in [-0.3, -0.25) is 19.3 Å². The maximum atomic E-state index is 12.6. The maximum absolute atomic E-state index is 12.6. The zero-order valence-electron chi connectivity index (χ0n) is 15.4. The van der Waals surface area contributed by atoms with Crippen LogP contribution in [0.1, 0.15) is 12.5 Å². The van der Waals surface area contributed by atoms with Gasteiger partial charge in [-0.25, -0.2) is 0 Å². The first-order chi connectivity index (χ1) is 13.8. The van der Waals surface area contributed by atoms with Crippen molar-refractivity contribution in [3.8, 4) is 5.75 Å². The van der Waals surface area contributed by atoms with Crippen LogP contribution in [0.2, 0.25) is 5.02 Å². The Hall–Kier alpha value is -3.03. The lowest BCUT2D eigenvalue weighted by Gasteiger charge is -2.13. The first-order valence-electron chi connectivity index (χ1n) is 8.60. The third-order valence-corrected chi connectivity index (χ3v) is 5.10. The monoisotopic (exact) mass is 428 g/mol. The molecule has 6 nitrogen and oxygen atoms in total. The predicted octanol–water partition coefficient (Wildman–Crippen LogP) is 4.67. The number of imide groups is 1. The van der Waals surface area contributed by atoms with Crippen LogP contribution in [-0.4, -0.2) is 33.6 Å². The minimum atomic E-state index is -0.623. The molecule has 148 valence electrons. The van der Waals surface area contributed by atoms with Gasteiger partial charge in [0, 0.05) is 5.02 Å². The van der Waals surface area contributed by atoms with Gasteiger partial charge in [0.1, 0.15) is 12.3 Å². The van der Waals surface area contributed by atoms with Crippen molar-refractivity contribution in [2.24, 2.45) is 0 Å². The quantitative estimate of drug-likeness (QED) is 0.534. The molecule has 1 aliphatic heterocycles. The third-order valence-electron chi connectivity index (χ3n) is 3.96. The van der Waals surface area contributed by atoms with Gasteiger partial charge in [0.25, 0.3) is 11.1 Å². The molecule has 1 fully saturated rings. The summed E-state index contributed by atoms with van der Waals surface area (Å²) in [7, 11) is 0. The molecular weight excluding hydrogens is 412 g/mol. The average molecular weight is 429 g/mol. The molecule has 2 aromatic rings. The van der Waals surface area contributed by atoms with E-state index < -0.39 is 23.6 Å². The van der Waals surface area contributed by atoms with Gasteiger partial charge in [-0.2, -0.15) is 0 Å². The summed E-state index contributed by atoms with van der Waals surface area (Å²) in [6, 6.07) is 13.8. The zero-order valence-corrected chi connectivity index (χ0v) is 17.0. The van der Waals surface area contributed by atoms with Crippen LogP contribution in [0.25, 0.3) is 6.08 Å². The summed E-state index contributed by atoms with van der Waals surface area (Å²) in [5.41, 5.74) is 1.88. The van der Waals surface area contributed by atoms with Gasteiger partial charge in [0.15, 0.2) is 0 Å². The van der Waals surface area contributed by atoms with E-state index in [4.69, 9.17) is 11.6 Å². The fourth-order valence-corrected chi connectivity index (χ4v) is 3.70. The van der Waals surface area contributed by atoms with Crippen LogP contribution in [0.5, 0.6) is 5.75 Å². The van der Waals surface area contributed by atoms with Gasteiger partial charge in [-0.15, -0.1) is 0 Å². The second kappa shape index (κ2) is 8.98. The Kier molecular flexibility index (Phi) is 6.41. The molecule has 8 heteroatoms. The lowest BCUT2D eigenvalue weighted by atomic mass is 10.1. The molecule has 2 aromatic carbocycles. The average Bonchev–Trinajstić information content (AvgIpc) is 2.92. The Balaban J connectivity index is 1.69. The molecule has 0 spiro atoms. The van der Waals surface area contributed by atoms with Gasteiger partial charge in [0.2, 0.25) is 5.91 Å². The number of carbonyl (C=O) groups excluding carboxylic acids is 3. The molecule has 1 aliphatic rings. The minimum Gasteiger partial charge on any atom is -0.506 e. The fraction of sp³-hybridized carbons (Fsp3) is 0.0952. The Morgan fingerprint density at radius 3 is 2.66 bits per heavy atom. The number of anilines is 1. The van der Waals surface area contributed by atoms with Gasteiger partial charge in [0.05, 0.1) is 10.6 Å². The van der Waals surface area contributed by atoms with Gasteiger partial charge < -0.3 is 10.4 Å². The van der Waals surface area contributed by atoms with E-state index >= 15 is 0 Å². The molecule has 29 heavy (non-hydrogen) atoms. The Morgan fingerprint density at radius 2 is 1.93 bits per heavy atom. The van der Waals surface area contributed by atoms with Crippen molar-refractivity contribution in [2.75, 3.05) is 11.9 Å². The SMILES string of the molecule is CC(/C=C1\SC(=O)N(CC(=O)Nc2cc(Cl)ccc2O)C1=O)=C\c1ccccc1. The number of benzene rings is 2. The number of halogens is 1. The van der Waals surface area contributed by atoms with E-state index in [1.165, 1.54) is 18.2 Å². The number of amides is 3. The topological polar surface area (TPSA) is 86.7 Å². The van der Waals surface area contributed by atoms with Crippen molar-refractivity contribution in [3.63, 3.8) is 0 Å². The molecule has 0 bridgehead atoms. The van der Waals surface area contributed by atoms with Crippen LogP contribution in [0.4, 0.5) is 10.5 Å². The van der Waals surface area contributed by atoms with E-state index in [2.05, 4.69) is 5.32 Å². The molecule has 0 aromatic heterocycles. The van der Waals surface area contributed by atoms with Crippen molar-refractivity contribution in [3.05, 3.63) is 75.7 Å². The molecule has 1 saturated heterocycles. The second-order valence-corrected chi connectivity index (χ2v) is 7.71. The van der Waals surface area contributed by atoms with E-state index in [1.54, 1.807) is 6.08 Å². The van der Waals surface area contributed by atoms with Gasteiger partial charge in [-0.05, 0) is 54.1 Å². The predicted molar refractivity (Wildman–Crippen MR) is 115 cm³/mol. The highest BCUT2D eigenvalue weighted by Gasteiger charge is 2.36. The van der Waals surface area contributed by atoms with Crippen molar-refractivity contribution < 1.29 is 19.5 Å². The number of thioether (sulfide) groups is 1. The molecule has 3 amide bonds.